The standard InChI is InChI=1S/C16H23BO2S/c1-15(2)16(3,4)19-17(18-15)14-10-13(14)11-6-8-12(20-5)9-7-11/h6-9,13-14H,10H2,1-5H3/t13-,14+/m1/s1. The van der Waals surface area contributed by atoms with Gasteiger partial charge in [-0.3, -0.25) is 0 Å². The molecule has 108 valence electrons. The molecule has 0 bridgehead atoms. The minimum atomic E-state index is -0.215. The fraction of sp³-hybridized carbons (Fsp3) is 0.625. The Hall–Kier alpha value is -0.445. The maximum atomic E-state index is 6.16. The predicted octanol–water partition coefficient (Wildman–Crippen LogP) is 4.36. The molecule has 0 amide bonds. The van der Waals surface area contributed by atoms with E-state index in [1.807, 2.05) is 0 Å². The average molecular weight is 290 g/mol. The van der Waals surface area contributed by atoms with Gasteiger partial charge in [0.05, 0.1) is 11.2 Å². The maximum absolute atomic E-state index is 6.16. The monoisotopic (exact) mass is 290 g/mol. The van der Waals surface area contributed by atoms with Gasteiger partial charge in [0.2, 0.25) is 0 Å². The van der Waals surface area contributed by atoms with Gasteiger partial charge in [0.15, 0.2) is 0 Å². The summed E-state index contributed by atoms with van der Waals surface area (Å²) in [6.07, 6.45) is 3.29. The normalized spacial score (nSPS) is 30.6. The van der Waals surface area contributed by atoms with Crippen molar-refractivity contribution >= 4 is 18.9 Å². The number of rotatable bonds is 3. The Morgan fingerprint density at radius 2 is 1.60 bits per heavy atom. The van der Waals surface area contributed by atoms with Crippen LogP contribution in [0, 0.1) is 0 Å². The summed E-state index contributed by atoms with van der Waals surface area (Å²) in [5.74, 6) is 1.11. The third-order valence-corrected chi connectivity index (χ3v) is 5.75. The van der Waals surface area contributed by atoms with Crippen molar-refractivity contribution in [1.29, 1.82) is 0 Å². The molecule has 20 heavy (non-hydrogen) atoms. The van der Waals surface area contributed by atoms with Crippen LogP contribution >= 0.6 is 11.8 Å². The lowest BCUT2D eigenvalue weighted by molar-refractivity contribution is 0.00578. The second-order valence-corrected chi connectivity index (χ2v) is 7.78. The maximum Gasteiger partial charge on any atom is 0.461 e. The Kier molecular flexibility index (Phi) is 3.47. The summed E-state index contributed by atoms with van der Waals surface area (Å²) in [5.41, 5.74) is 0.989. The van der Waals surface area contributed by atoms with Gasteiger partial charge in [0.1, 0.15) is 0 Å². The van der Waals surface area contributed by atoms with Gasteiger partial charge in [-0.1, -0.05) is 12.1 Å². The molecule has 0 N–H and O–H groups in total. The molecule has 0 spiro atoms. The van der Waals surface area contributed by atoms with Crippen molar-refractivity contribution in [3.05, 3.63) is 29.8 Å². The lowest BCUT2D eigenvalue weighted by atomic mass is 9.79. The zero-order valence-electron chi connectivity index (χ0n) is 13.0. The fourth-order valence-corrected chi connectivity index (χ4v) is 3.22. The second kappa shape index (κ2) is 4.79. The van der Waals surface area contributed by atoms with E-state index in [0.29, 0.717) is 11.7 Å². The largest absolute Gasteiger partial charge is 0.461 e. The van der Waals surface area contributed by atoms with Crippen molar-refractivity contribution < 1.29 is 9.31 Å². The highest BCUT2D eigenvalue weighted by molar-refractivity contribution is 7.98. The number of thioether (sulfide) groups is 1. The predicted molar refractivity (Wildman–Crippen MR) is 85.4 cm³/mol. The molecule has 1 aromatic carbocycles. The highest BCUT2D eigenvalue weighted by Crippen LogP contribution is 2.58. The summed E-state index contributed by atoms with van der Waals surface area (Å²) in [6, 6.07) is 8.92. The van der Waals surface area contributed by atoms with Gasteiger partial charge in [-0.2, -0.15) is 0 Å². The zero-order chi connectivity index (χ0) is 14.5. The first-order valence-electron chi connectivity index (χ1n) is 7.34. The minimum Gasteiger partial charge on any atom is -0.403 e. The van der Waals surface area contributed by atoms with Crippen molar-refractivity contribution in [2.24, 2.45) is 0 Å². The van der Waals surface area contributed by atoms with Crippen LogP contribution in [0.4, 0.5) is 0 Å². The Morgan fingerprint density at radius 3 is 2.10 bits per heavy atom. The third kappa shape index (κ3) is 2.42. The summed E-state index contributed by atoms with van der Waals surface area (Å²) >= 11 is 1.79. The van der Waals surface area contributed by atoms with Gasteiger partial charge in [0.25, 0.3) is 0 Å². The Balaban J connectivity index is 1.68. The molecule has 2 nitrogen and oxygen atoms in total. The molecule has 1 aliphatic heterocycles. The van der Waals surface area contributed by atoms with Crippen LogP contribution in [0.1, 0.15) is 45.6 Å². The van der Waals surface area contributed by atoms with Crippen LogP contribution in [-0.4, -0.2) is 24.6 Å². The summed E-state index contributed by atoms with van der Waals surface area (Å²) in [7, 11) is -0.0507. The molecule has 3 rings (SSSR count). The number of hydrogen-bond donors (Lipinski definition) is 0. The van der Waals surface area contributed by atoms with Crippen molar-refractivity contribution in [3.63, 3.8) is 0 Å². The van der Waals surface area contributed by atoms with E-state index in [1.54, 1.807) is 11.8 Å². The lowest BCUT2D eigenvalue weighted by Crippen LogP contribution is -2.41. The van der Waals surface area contributed by atoms with Gasteiger partial charge >= 0.3 is 7.12 Å². The van der Waals surface area contributed by atoms with Crippen molar-refractivity contribution in [1.82, 2.24) is 0 Å². The minimum absolute atomic E-state index is 0.0507. The molecular formula is C16H23BO2S. The quantitative estimate of drug-likeness (QED) is 0.609. The summed E-state index contributed by atoms with van der Waals surface area (Å²) in [6.45, 7) is 8.49. The number of hydrogen-bond acceptors (Lipinski definition) is 3. The highest BCUT2D eigenvalue weighted by atomic mass is 32.2. The summed E-state index contributed by atoms with van der Waals surface area (Å²) in [4.78, 5) is 1.32. The van der Waals surface area contributed by atoms with E-state index in [4.69, 9.17) is 9.31 Å². The van der Waals surface area contributed by atoms with Crippen molar-refractivity contribution in [3.8, 4) is 0 Å². The lowest BCUT2D eigenvalue weighted by Gasteiger charge is -2.32. The highest BCUT2D eigenvalue weighted by Gasteiger charge is 2.59. The molecular weight excluding hydrogens is 267 g/mol. The van der Waals surface area contributed by atoms with E-state index in [9.17, 15) is 0 Å². The molecule has 4 heteroatoms. The smallest absolute Gasteiger partial charge is 0.403 e. The molecule has 0 aromatic heterocycles. The molecule has 0 unspecified atom stereocenters. The van der Waals surface area contributed by atoms with Crippen molar-refractivity contribution in [2.45, 2.75) is 61.9 Å². The molecule has 2 fully saturated rings. The summed E-state index contributed by atoms with van der Waals surface area (Å²) in [5, 5.41) is 0. The molecule has 1 saturated carbocycles. The van der Waals surface area contributed by atoms with Gasteiger partial charge in [-0.05, 0) is 64.0 Å². The van der Waals surface area contributed by atoms with E-state index < -0.39 is 0 Å². The first kappa shape index (κ1) is 14.5. The first-order valence-corrected chi connectivity index (χ1v) is 8.56. The van der Waals surface area contributed by atoms with E-state index in [-0.39, 0.29) is 18.3 Å². The van der Waals surface area contributed by atoms with Crippen LogP contribution in [0.5, 0.6) is 0 Å². The third-order valence-electron chi connectivity index (χ3n) is 5.00. The van der Waals surface area contributed by atoms with Gasteiger partial charge in [-0.15, -0.1) is 11.8 Å². The van der Waals surface area contributed by atoms with Gasteiger partial charge in [0, 0.05) is 10.7 Å². The van der Waals surface area contributed by atoms with Crippen LogP contribution in [0.3, 0.4) is 0 Å². The van der Waals surface area contributed by atoms with Gasteiger partial charge < -0.3 is 9.31 Å². The molecule has 2 atom stereocenters. The Bertz CT molecular complexity index is 482. The zero-order valence-corrected chi connectivity index (χ0v) is 13.8. The fourth-order valence-electron chi connectivity index (χ4n) is 2.81. The molecule has 1 saturated heterocycles. The van der Waals surface area contributed by atoms with Crippen LogP contribution in [-0.2, 0) is 9.31 Å². The second-order valence-electron chi connectivity index (χ2n) is 6.90. The Morgan fingerprint density at radius 1 is 1.05 bits per heavy atom. The molecule has 0 radical (unpaired) electrons. The molecule has 2 aliphatic rings. The van der Waals surface area contributed by atoms with Crippen LogP contribution in [0.15, 0.2) is 29.2 Å². The summed E-state index contributed by atoms with van der Waals surface area (Å²) < 4.78 is 12.3. The SMILES string of the molecule is CSc1ccc([C@H]2C[C@@H]2B2OC(C)(C)C(C)(C)O2)cc1. The topological polar surface area (TPSA) is 18.5 Å². The van der Waals surface area contributed by atoms with E-state index in [1.165, 1.54) is 16.9 Å². The van der Waals surface area contributed by atoms with Crippen LogP contribution < -0.4 is 0 Å². The average Bonchev–Trinajstić information content (AvgIpc) is 3.13. The van der Waals surface area contributed by atoms with E-state index in [2.05, 4.69) is 58.2 Å². The van der Waals surface area contributed by atoms with E-state index in [0.717, 1.165) is 0 Å². The molecule has 1 aromatic rings. The van der Waals surface area contributed by atoms with Gasteiger partial charge in [-0.25, -0.2) is 0 Å². The number of benzene rings is 1. The first-order chi connectivity index (χ1) is 9.34. The Labute approximate surface area is 126 Å². The van der Waals surface area contributed by atoms with Crippen LogP contribution in [0.25, 0.3) is 0 Å². The molecule has 1 heterocycles. The van der Waals surface area contributed by atoms with Crippen LogP contribution in [0.2, 0.25) is 5.82 Å². The van der Waals surface area contributed by atoms with E-state index >= 15 is 0 Å². The molecule has 1 aliphatic carbocycles. The van der Waals surface area contributed by atoms with Crippen molar-refractivity contribution in [2.75, 3.05) is 6.26 Å².